The molecule has 0 fully saturated rings. The van der Waals surface area contributed by atoms with E-state index in [1.807, 2.05) is 36.4 Å². The number of benzene rings is 1. The molecule has 0 aliphatic rings. The average molecular weight is 342 g/mol. The number of nitrogens with one attached hydrogen (secondary N) is 1. The number of thiophene rings is 1. The molecule has 1 aromatic carbocycles. The number of hydrogen-bond acceptors (Lipinski definition) is 3. The molecule has 0 unspecified atom stereocenters. The van der Waals surface area contributed by atoms with Crippen molar-refractivity contribution in [3.63, 3.8) is 0 Å². The molecule has 2 aromatic rings. The van der Waals surface area contributed by atoms with Crippen LogP contribution in [-0.4, -0.2) is 15.4 Å². The van der Waals surface area contributed by atoms with Crippen molar-refractivity contribution in [3.8, 4) is 0 Å². The Labute approximate surface area is 135 Å². The van der Waals surface area contributed by atoms with Crippen LogP contribution in [0.25, 0.3) is 0 Å². The highest BCUT2D eigenvalue weighted by Gasteiger charge is 2.20. The summed E-state index contributed by atoms with van der Waals surface area (Å²) in [5, 5.41) is 2.27. The summed E-state index contributed by atoms with van der Waals surface area (Å²) in [6.07, 6.45) is 0. The van der Waals surface area contributed by atoms with Crippen molar-refractivity contribution in [2.45, 2.75) is 24.5 Å². The Balaban J connectivity index is 1.85. The molecule has 3 nitrogen and oxygen atoms in total. The SMILES string of the molecule is C[C@H](C(=O)NCc1ccccc1)[S@@](=O)Cc1ccc(Cl)s1. The monoisotopic (exact) mass is 341 g/mol. The summed E-state index contributed by atoms with van der Waals surface area (Å²) in [4.78, 5) is 13.0. The van der Waals surface area contributed by atoms with Gasteiger partial charge < -0.3 is 5.32 Å². The van der Waals surface area contributed by atoms with Crippen LogP contribution >= 0.6 is 22.9 Å². The van der Waals surface area contributed by atoms with E-state index >= 15 is 0 Å². The van der Waals surface area contributed by atoms with Crippen LogP contribution in [0.2, 0.25) is 4.34 Å². The second kappa shape index (κ2) is 7.73. The molecule has 1 amide bonds. The maximum atomic E-state index is 12.2. The standard InChI is InChI=1S/C15H16ClNO2S2/c1-11(21(19)10-13-7-8-14(16)20-13)15(18)17-9-12-5-3-2-4-6-12/h2-8,11H,9-10H2,1H3,(H,17,18)/t11-,21+/m1/s1. The molecular weight excluding hydrogens is 326 g/mol. The smallest absolute Gasteiger partial charge is 0.235 e. The Morgan fingerprint density at radius 1 is 1.29 bits per heavy atom. The molecule has 2 rings (SSSR count). The molecule has 0 aliphatic heterocycles. The normalized spacial score (nSPS) is 13.6. The van der Waals surface area contributed by atoms with E-state index < -0.39 is 16.0 Å². The lowest BCUT2D eigenvalue weighted by molar-refractivity contribution is -0.120. The van der Waals surface area contributed by atoms with Crippen LogP contribution in [0.3, 0.4) is 0 Å². The molecule has 0 saturated carbocycles. The van der Waals surface area contributed by atoms with Crippen molar-refractivity contribution >= 4 is 39.6 Å². The van der Waals surface area contributed by atoms with Crippen molar-refractivity contribution in [2.24, 2.45) is 0 Å². The molecule has 0 aliphatic carbocycles. The Hall–Kier alpha value is -1.17. The number of halogens is 1. The van der Waals surface area contributed by atoms with Gasteiger partial charge in [-0.3, -0.25) is 9.00 Å². The Kier molecular flexibility index (Phi) is 5.96. The molecule has 0 saturated heterocycles. The largest absolute Gasteiger partial charge is 0.351 e. The molecule has 1 N–H and O–H groups in total. The molecule has 21 heavy (non-hydrogen) atoms. The number of rotatable bonds is 6. The maximum absolute atomic E-state index is 12.2. The van der Waals surface area contributed by atoms with Gasteiger partial charge in [-0.2, -0.15) is 0 Å². The first-order chi connectivity index (χ1) is 10.1. The molecule has 112 valence electrons. The topological polar surface area (TPSA) is 46.2 Å². The first-order valence-electron chi connectivity index (χ1n) is 6.49. The molecule has 0 radical (unpaired) electrons. The third-order valence-corrected chi connectivity index (χ3v) is 6.00. The first kappa shape index (κ1) is 16.2. The average Bonchev–Trinajstić information content (AvgIpc) is 2.90. The zero-order valence-corrected chi connectivity index (χ0v) is 13.9. The molecular formula is C15H16ClNO2S2. The fourth-order valence-corrected chi connectivity index (χ4v) is 4.16. The van der Waals surface area contributed by atoms with Crippen LogP contribution in [0.5, 0.6) is 0 Å². The van der Waals surface area contributed by atoms with E-state index in [0.717, 1.165) is 10.4 Å². The van der Waals surface area contributed by atoms with E-state index in [4.69, 9.17) is 11.6 Å². The van der Waals surface area contributed by atoms with Gasteiger partial charge in [-0.15, -0.1) is 11.3 Å². The number of hydrogen-bond donors (Lipinski definition) is 1. The van der Waals surface area contributed by atoms with Crippen LogP contribution in [-0.2, 0) is 27.9 Å². The van der Waals surface area contributed by atoms with Gasteiger partial charge in [0, 0.05) is 22.2 Å². The van der Waals surface area contributed by atoms with Crippen LogP contribution in [0.4, 0.5) is 0 Å². The zero-order chi connectivity index (χ0) is 15.2. The summed E-state index contributed by atoms with van der Waals surface area (Å²) in [6.45, 7) is 2.14. The summed E-state index contributed by atoms with van der Waals surface area (Å²) >= 11 is 7.24. The molecule has 0 bridgehead atoms. The van der Waals surface area contributed by atoms with Crippen LogP contribution in [0, 0.1) is 0 Å². The van der Waals surface area contributed by atoms with Gasteiger partial charge in [0.05, 0.1) is 10.1 Å². The number of carbonyl (C=O) groups excluding carboxylic acids is 1. The second-order valence-corrected chi connectivity index (χ2v) is 8.13. The lowest BCUT2D eigenvalue weighted by Crippen LogP contribution is -2.35. The Morgan fingerprint density at radius 3 is 2.62 bits per heavy atom. The summed E-state index contributed by atoms with van der Waals surface area (Å²) in [5.41, 5.74) is 1.02. The Morgan fingerprint density at radius 2 is 2.00 bits per heavy atom. The minimum absolute atomic E-state index is 0.195. The van der Waals surface area contributed by atoms with Gasteiger partial charge in [0.2, 0.25) is 5.91 Å². The van der Waals surface area contributed by atoms with Gasteiger partial charge in [0.1, 0.15) is 5.25 Å². The first-order valence-corrected chi connectivity index (χ1v) is 9.07. The summed E-state index contributed by atoms with van der Waals surface area (Å²) in [5.74, 6) is 0.164. The number of carbonyl (C=O) groups is 1. The molecule has 1 heterocycles. The van der Waals surface area contributed by atoms with Gasteiger partial charge >= 0.3 is 0 Å². The van der Waals surface area contributed by atoms with E-state index in [1.54, 1.807) is 13.0 Å². The second-order valence-electron chi connectivity index (χ2n) is 4.58. The highest BCUT2D eigenvalue weighted by atomic mass is 35.5. The van der Waals surface area contributed by atoms with Gasteiger partial charge in [-0.05, 0) is 24.6 Å². The summed E-state index contributed by atoms with van der Waals surface area (Å²) in [6, 6.07) is 13.3. The predicted molar refractivity (Wildman–Crippen MR) is 88.9 cm³/mol. The van der Waals surface area contributed by atoms with Crippen LogP contribution in [0.1, 0.15) is 17.4 Å². The maximum Gasteiger partial charge on any atom is 0.235 e. The minimum Gasteiger partial charge on any atom is -0.351 e. The molecule has 0 spiro atoms. The van der Waals surface area contributed by atoms with Crippen molar-refractivity contribution in [1.82, 2.24) is 5.32 Å². The zero-order valence-electron chi connectivity index (χ0n) is 11.5. The highest BCUT2D eigenvalue weighted by Crippen LogP contribution is 2.23. The quantitative estimate of drug-likeness (QED) is 0.875. The van der Waals surface area contributed by atoms with Crippen molar-refractivity contribution < 1.29 is 9.00 Å². The van der Waals surface area contributed by atoms with Gasteiger partial charge in [-0.25, -0.2) is 0 Å². The van der Waals surface area contributed by atoms with E-state index in [-0.39, 0.29) is 5.91 Å². The van der Waals surface area contributed by atoms with Crippen molar-refractivity contribution in [3.05, 3.63) is 57.2 Å². The summed E-state index contributed by atoms with van der Waals surface area (Å²) < 4.78 is 12.9. The minimum atomic E-state index is -1.25. The number of amides is 1. The van der Waals surface area contributed by atoms with Crippen molar-refractivity contribution in [2.75, 3.05) is 0 Å². The summed E-state index contributed by atoms with van der Waals surface area (Å²) in [7, 11) is -1.25. The highest BCUT2D eigenvalue weighted by molar-refractivity contribution is 7.85. The third kappa shape index (κ3) is 4.95. The fraction of sp³-hybridized carbons (Fsp3) is 0.267. The van der Waals surface area contributed by atoms with E-state index in [0.29, 0.717) is 16.6 Å². The Bertz CT molecular complexity index is 628. The van der Waals surface area contributed by atoms with E-state index in [2.05, 4.69) is 5.32 Å². The van der Waals surface area contributed by atoms with Crippen molar-refractivity contribution in [1.29, 1.82) is 0 Å². The third-order valence-electron chi connectivity index (χ3n) is 2.99. The van der Waals surface area contributed by atoms with E-state index in [1.165, 1.54) is 11.3 Å². The lowest BCUT2D eigenvalue weighted by Gasteiger charge is -2.11. The van der Waals surface area contributed by atoms with Crippen LogP contribution in [0.15, 0.2) is 42.5 Å². The van der Waals surface area contributed by atoms with Gasteiger partial charge in [0.25, 0.3) is 0 Å². The lowest BCUT2D eigenvalue weighted by atomic mass is 10.2. The molecule has 1 aromatic heterocycles. The molecule has 2 atom stereocenters. The predicted octanol–water partition coefficient (Wildman–Crippen LogP) is 3.36. The van der Waals surface area contributed by atoms with Gasteiger partial charge in [-0.1, -0.05) is 41.9 Å². The fourth-order valence-electron chi connectivity index (χ4n) is 1.74. The molecule has 6 heteroatoms. The van der Waals surface area contributed by atoms with Crippen LogP contribution < -0.4 is 5.32 Å². The van der Waals surface area contributed by atoms with E-state index in [9.17, 15) is 9.00 Å². The van der Waals surface area contributed by atoms with Gasteiger partial charge in [0.15, 0.2) is 0 Å².